The van der Waals surface area contributed by atoms with Gasteiger partial charge in [-0.15, -0.1) is 0 Å². The van der Waals surface area contributed by atoms with E-state index in [4.69, 9.17) is 11.6 Å². The molecule has 0 saturated carbocycles. The lowest BCUT2D eigenvalue weighted by Gasteiger charge is -2.27. The van der Waals surface area contributed by atoms with Gasteiger partial charge in [-0.2, -0.15) is 0 Å². The van der Waals surface area contributed by atoms with Crippen molar-refractivity contribution in [3.8, 4) is 0 Å². The molecule has 3 nitrogen and oxygen atoms in total. The van der Waals surface area contributed by atoms with Crippen molar-refractivity contribution in [2.75, 3.05) is 0 Å². The minimum absolute atomic E-state index is 0.194. The summed E-state index contributed by atoms with van der Waals surface area (Å²) >= 11 is 6.49. The predicted octanol–water partition coefficient (Wildman–Crippen LogP) is 5.78. The van der Waals surface area contributed by atoms with Gasteiger partial charge in [-0.3, -0.25) is 9.36 Å². The van der Waals surface area contributed by atoms with Crippen LogP contribution in [-0.4, -0.2) is 5.78 Å². The normalized spacial score (nSPS) is 12.3. The summed E-state index contributed by atoms with van der Waals surface area (Å²) in [5.41, 5.74) is 1.11. The monoisotopic (exact) mass is 445 g/mol. The Kier molecular flexibility index (Phi) is 6.48. The van der Waals surface area contributed by atoms with E-state index in [9.17, 15) is 9.36 Å². The molecule has 4 aromatic rings. The minimum Gasteiger partial charge on any atom is -0.296 e. The Morgan fingerprint density at radius 2 is 1.13 bits per heavy atom. The van der Waals surface area contributed by atoms with Gasteiger partial charge in [0.15, 0.2) is 5.78 Å². The molecule has 0 aromatic heterocycles. The molecular weight excluding hydrogens is 425 g/mol. The highest BCUT2D eigenvalue weighted by Crippen LogP contribution is 2.43. The van der Waals surface area contributed by atoms with Gasteiger partial charge in [0.1, 0.15) is 6.04 Å². The Hall–Kier alpha value is -2.97. The summed E-state index contributed by atoms with van der Waals surface area (Å²) in [7, 11) is -3.37. The van der Waals surface area contributed by atoms with Crippen LogP contribution in [0.15, 0.2) is 115 Å². The summed E-state index contributed by atoms with van der Waals surface area (Å²) in [6.45, 7) is 0. The zero-order valence-corrected chi connectivity index (χ0v) is 18.3. The second-order valence-electron chi connectivity index (χ2n) is 7.09. The van der Waals surface area contributed by atoms with Crippen molar-refractivity contribution in [3.63, 3.8) is 0 Å². The van der Waals surface area contributed by atoms with Crippen LogP contribution in [0, 0.1) is 0 Å². The summed E-state index contributed by atoms with van der Waals surface area (Å²) in [5.74, 6) is -0.194. The van der Waals surface area contributed by atoms with Crippen LogP contribution in [0.25, 0.3) is 0 Å². The zero-order valence-electron chi connectivity index (χ0n) is 16.7. The summed E-state index contributed by atoms with van der Waals surface area (Å²) in [4.78, 5) is 13.6. The molecule has 0 spiro atoms. The van der Waals surface area contributed by atoms with E-state index in [-0.39, 0.29) is 5.78 Å². The van der Waals surface area contributed by atoms with Crippen LogP contribution in [0.5, 0.6) is 0 Å². The maximum Gasteiger partial charge on any atom is 0.205 e. The number of benzene rings is 4. The third-order valence-electron chi connectivity index (χ3n) is 5.09. The van der Waals surface area contributed by atoms with Crippen molar-refractivity contribution in [1.29, 1.82) is 0 Å². The molecule has 0 aliphatic carbocycles. The molecule has 1 N–H and O–H groups in total. The fourth-order valence-corrected chi connectivity index (χ4v) is 6.15. The molecular formula is C26H21ClNO2P. The van der Waals surface area contributed by atoms with Gasteiger partial charge in [0.25, 0.3) is 0 Å². The lowest BCUT2D eigenvalue weighted by Crippen LogP contribution is -2.34. The molecule has 0 bridgehead atoms. The van der Waals surface area contributed by atoms with Gasteiger partial charge >= 0.3 is 0 Å². The second kappa shape index (κ2) is 9.45. The first-order chi connectivity index (χ1) is 15.1. The Labute approximate surface area is 187 Å². The molecule has 0 radical (unpaired) electrons. The maximum absolute atomic E-state index is 14.5. The summed E-state index contributed by atoms with van der Waals surface area (Å²) in [5, 5.41) is 4.93. The lowest BCUT2D eigenvalue weighted by molar-refractivity contribution is 0.0954. The van der Waals surface area contributed by atoms with E-state index in [0.717, 1.165) is 0 Å². The van der Waals surface area contributed by atoms with Crippen LogP contribution in [-0.2, 0) is 4.57 Å². The number of Topliss-reactive ketones (excluding diaryl/α,β-unsaturated/α-hetero) is 1. The number of halogens is 1. The van der Waals surface area contributed by atoms with E-state index >= 15 is 0 Å². The zero-order chi connectivity index (χ0) is 21.7. The molecule has 5 heteroatoms. The number of nitrogens with one attached hydrogen (secondary N) is 1. The molecule has 1 atom stereocenters. The molecule has 31 heavy (non-hydrogen) atoms. The van der Waals surface area contributed by atoms with E-state index in [0.29, 0.717) is 26.8 Å². The quantitative estimate of drug-likeness (QED) is 0.289. The van der Waals surface area contributed by atoms with Crippen molar-refractivity contribution in [2.24, 2.45) is 0 Å². The third-order valence-corrected chi connectivity index (χ3v) is 8.10. The van der Waals surface area contributed by atoms with E-state index in [1.807, 2.05) is 91.0 Å². The van der Waals surface area contributed by atoms with E-state index in [1.54, 1.807) is 24.3 Å². The van der Waals surface area contributed by atoms with Gasteiger partial charge in [-0.1, -0.05) is 96.5 Å². The third kappa shape index (κ3) is 4.55. The molecule has 4 rings (SSSR count). The molecule has 0 aliphatic heterocycles. The maximum atomic E-state index is 14.5. The Balaban J connectivity index is 1.87. The van der Waals surface area contributed by atoms with Crippen molar-refractivity contribution in [3.05, 3.63) is 131 Å². The van der Waals surface area contributed by atoms with Gasteiger partial charge < -0.3 is 0 Å². The first-order valence-corrected chi connectivity index (χ1v) is 12.0. The number of ketones is 1. The van der Waals surface area contributed by atoms with Crippen LogP contribution in [0.4, 0.5) is 0 Å². The fraction of sp³-hybridized carbons (Fsp3) is 0.0385. The summed E-state index contributed by atoms with van der Waals surface area (Å²) in [6, 6.07) is 33.6. The Morgan fingerprint density at radius 1 is 0.677 bits per heavy atom. The van der Waals surface area contributed by atoms with Crippen molar-refractivity contribution >= 4 is 35.3 Å². The number of carbonyl (C=O) groups is 1. The number of carbonyl (C=O) groups excluding carboxylic acids is 1. The van der Waals surface area contributed by atoms with Crippen LogP contribution in [0.3, 0.4) is 0 Å². The number of rotatable bonds is 7. The standard InChI is InChI=1S/C26H21ClNO2P/c27-24-19-11-10-18-23(24)25(26(29)20-12-4-1-5-13-20)28-31(30,21-14-6-2-7-15-21)22-16-8-3-9-17-22/h1-19,25H,(H,28,30). The van der Waals surface area contributed by atoms with Crippen LogP contribution >= 0.6 is 18.9 Å². The predicted molar refractivity (Wildman–Crippen MR) is 128 cm³/mol. The fourth-order valence-electron chi connectivity index (χ4n) is 3.50. The van der Waals surface area contributed by atoms with Gasteiger partial charge in [0.2, 0.25) is 7.29 Å². The Bertz CT molecular complexity index is 1170. The topological polar surface area (TPSA) is 46.2 Å². The highest BCUT2D eigenvalue weighted by Gasteiger charge is 2.35. The second-order valence-corrected chi connectivity index (χ2v) is 10.0. The molecule has 154 valence electrons. The van der Waals surface area contributed by atoms with E-state index in [1.165, 1.54) is 0 Å². The molecule has 4 aromatic carbocycles. The van der Waals surface area contributed by atoms with Crippen LogP contribution in [0.1, 0.15) is 22.0 Å². The first kappa shape index (κ1) is 21.3. The van der Waals surface area contributed by atoms with Crippen molar-refractivity contribution < 1.29 is 9.36 Å². The van der Waals surface area contributed by atoms with Crippen molar-refractivity contribution in [2.45, 2.75) is 6.04 Å². The number of hydrogen-bond acceptors (Lipinski definition) is 2. The average Bonchev–Trinajstić information content (AvgIpc) is 2.84. The minimum atomic E-state index is -3.37. The first-order valence-electron chi connectivity index (χ1n) is 9.92. The highest BCUT2D eigenvalue weighted by molar-refractivity contribution is 7.77. The smallest absolute Gasteiger partial charge is 0.205 e. The molecule has 0 fully saturated rings. The molecule has 0 aliphatic rings. The van der Waals surface area contributed by atoms with Gasteiger partial charge in [-0.05, 0) is 35.9 Å². The van der Waals surface area contributed by atoms with Crippen LogP contribution in [0.2, 0.25) is 5.02 Å². The molecule has 0 heterocycles. The molecule has 1 unspecified atom stereocenters. The van der Waals surface area contributed by atoms with Gasteiger partial charge in [0.05, 0.1) is 0 Å². The van der Waals surface area contributed by atoms with Crippen LogP contribution < -0.4 is 15.7 Å². The number of hydrogen-bond donors (Lipinski definition) is 1. The summed E-state index contributed by atoms with van der Waals surface area (Å²) < 4.78 is 14.5. The lowest BCUT2D eigenvalue weighted by atomic mass is 9.98. The van der Waals surface area contributed by atoms with Gasteiger partial charge in [-0.25, -0.2) is 5.09 Å². The SMILES string of the molecule is O=C(c1ccccc1)C(NP(=O)(c1ccccc1)c1ccccc1)c1ccccc1Cl. The Morgan fingerprint density at radius 3 is 1.65 bits per heavy atom. The molecule has 0 saturated heterocycles. The summed E-state index contributed by atoms with van der Waals surface area (Å²) in [6.07, 6.45) is 0. The van der Waals surface area contributed by atoms with Crippen molar-refractivity contribution in [1.82, 2.24) is 5.09 Å². The van der Waals surface area contributed by atoms with E-state index < -0.39 is 13.3 Å². The average molecular weight is 446 g/mol. The largest absolute Gasteiger partial charge is 0.296 e. The highest BCUT2D eigenvalue weighted by atomic mass is 35.5. The molecule has 0 amide bonds. The van der Waals surface area contributed by atoms with E-state index in [2.05, 4.69) is 5.09 Å². The van der Waals surface area contributed by atoms with Gasteiger partial charge in [0, 0.05) is 21.2 Å².